The number of fused-ring (bicyclic) bond motifs is 1. The monoisotopic (exact) mass is 259 g/mol. The summed E-state index contributed by atoms with van der Waals surface area (Å²) in [6, 6.07) is 10.9. The summed E-state index contributed by atoms with van der Waals surface area (Å²) in [7, 11) is 0. The first kappa shape index (κ1) is 11.6. The van der Waals surface area contributed by atoms with E-state index in [1.807, 2.05) is 6.07 Å². The number of aromatic nitrogens is 2. The molecule has 4 heteroatoms. The largest absolute Gasteiger partial charge is 0.309 e. The molecule has 3 rings (SSSR count). The average Bonchev–Trinajstić information content (AvgIpc) is 2.40. The second kappa shape index (κ2) is 5.04. The van der Waals surface area contributed by atoms with Crippen molar-refractivity contribution in [3.63, 3.8) is 0 Å². The molecule has 1 aromatic heterocycles. The van der Waals surface area contributed by atoms with Gasteiger partial charge in [-0.15, -0.1) is 0 Å². The molecule has 0 saturated carbocycles. The fourth-order valence-electron chi connectivity index (χ4n) is 2.37. The summed E-state index contributed by atoms with van der Waals surface area (Å²) in [5.74, 6) is 0. The van der Waals surface area contributed by atoms with Gasteiger partial charge in [0.1, 0.15) is 11.5 Å². The van der Waals surface area contributed by atoms with E-state index in [2.05, 4.69) is 39.6 Å². The van der Waals surface area contributed by atoms with Gasteiger partial charge in [-0.05, 0) is 12.0 Å². The first-order valence-corrected chi connectivity index (χ1v) is 6.46. The van der Waals surface area contributed by atoms with Crippen LogP contribution in [0.1, 0.15) is 16.8 Å². The number of nitrogens with one attached hydrogen (secondary N) is 1. The average molecular weight is 260 g/mol. The number of nitrogens with zero attached hydrogens (tertiary/aromatic N) is 2. The van der Waals surface area contributed by atoms with Crippen LogP contribution in [0.25, 0.3) is 0 Å². The molecular formula is C14H14ClN3. The lowest BCUT2D eigenvalue weighted by molar-refractivity contribution is 0.468. The van der Waals surface area contributed by atoms with Crippen LogP contribution in [0.3, 0.4) is 0 Å². The van der Waals surface area contributed by atoms with Crippen molar-refractivity contribution >= 4 is 11.6 Å². The Morgan fingerprint density at radius 3 is 2.89 bits per heavy atom. The minimum absolute atomic E-state index is 0.422. The summed E-state index contributed by atoms with van der Waals surface area (Å²) in [6.07, 6.45) is 3.47. The zero-order valence-electron chi connectivity index (χ0n) is 9.94. The molecule has 0 aliphatic carbocycles. The van der Waals surface area contributed by atoms with Crippen LogP contribution in [-0.2, 0) is 19.4 Å². The summed E-state index contributed by atoms with van der Waals surface area (Å²) in [5.41, 5.74) is 3.47. The van der Waals surface area contributed by atoms with Gasteiger partial charge in [-0.2, -0.15) is 0 Å². The van der Waals surface area contributed by atoms with E-state index in [-0.39, 0.29) is 0 Å². The number of rotatable bonds is 2. The van der Waals surface area contributed by atoms with Crippen molar-refractivity contribution in [2.24, 2.45) is 0 Å². The van der Waals surface area contributed by atoms with E-state index < -0.39 is 0 Å². The Morgan fingerprint density at radius 1 is 1.22 bits per heavy atom. The van der Waals surface area contributed by atoms with E-state index in [0.717, 1.165) is 30.6 Å². The van der Waals surface area contributed by atoms with Crippen LogP contribution in [0.5, 0.6) is 0 Å². The molecule has 1 aromatic carbocycles. The van der Waals surface area contributed by atoms with Crippen LogP contribution < -0.4 is 5.32 Å². The van der Waals surface area contributed by atoms with Gasteiger partial charge in [-0.25, -0.2) is 9.97 Å². The van der Waals surface area contributed by atoms with Crippen molar-refractivity contribution in [1.29, 1.82) is 0 Å². The van der Waals surface area contributed by atoms with Crippen molar-refractivity contribution in [2.75, 3.05) is 0 Å². The maximum atomic E-state index is 6.06. The third-order valence-corrected chi connectivity index (χ3v) is 3.64. The topological polar surface area (TPSA) is 37.8 Å². The minimum atomic E-state index is 0.422. The lowest BCUT2D eigenvalue weighted by Gasteiger charge is -2.25. The molecule has 3 nitrogen and oxygen atoms in total. The highest BCUT2D eigenvalue weighted by molar-refractivity contribution is 6.30. The summed E-state index contributed by atoms with van der Waals surface area (Å²) in [6.45, 7) is 0.756. The predicted molar refractivity (Wildman–Crippen MR) is 71.5 cm³/mol. The van der Waals surface area contributed by atoms with E-state index >= 15 is 0 Å². The van der Waals surface area contributed by atoms with Crippen LogP contribution in [0, 0.1) is 0 Å². The first-order valence-electron chi connectivity index (χ1n) is 6.08. The number of halogens is 1. The Morgan fingerprint density at radius 2 is 2.06 bits per heavy atom. The van der Waals surface area contributed by atoms with E-state index in [0.29, 0.717) is 11.2 Å². The maximum absolute atomic E-state index is 6.06. The molecular weight excluding hydrogens is 246 g/mol. The van der Waals surface area contributed by atoms with Crippen LogP contribution >= 0.6 is 11.6 Å². The summed E-state index contributed by atoms with van der Waals surface area (Å²) >= 11 is 6.06. The van der Waals surface area contributed by atoms with Crippen LogP contribution in [0.15, 0.2) is 36.7 Å². The smallest absolute Gasteiger partial charge is 0.137 e. The zero-order chi connectivity index (χ0) is 12.4. The fraction of sp³-hybridized carbons (Fsp3) is 0.286. The number of hydrogen-bond donors (Lipinski definition) is 1. The molecule has 0 radical (unpaired) electrons. The third kappa shape index (κ3) is 2.37. The van der Waals surface area contributed by atoms with Gasteiger partial charge < -0.3 is 5.32 Å². The number of benzene rings is 1. The highest BCUT2D eigenvalue weighted by atomic mass is 35.5. The molecule has 2 heterocycles. The minimum Gasteiger partial charge on any atom is -0.309 e. The van der Waals surface area contributed by atoms with Crippen molar-refractivity contribution in [2.45, 2.75) is 25.4 Å². The van der Waals surface area contributed by atoms with Crippen molar-refractivity contribution in [1.82, 2.24) is 15.3 Å². The molecule has 1 atom stereocenters. The van der Waals surface area contributed by atoms with E-state index in [9.17, 15) is 0 Å². The van der Waals surface area contributed by atoms with Gasteiger partial charge >= 0.3 is 0 Å². The summed E-state index contributed by atoms with van der Waals surface area (Å²) in [4.78, 5) is 8.35. The third-order valence-electron chi connectivity index (χ3n) is 3.31. The Hall–Kier alpha value is -1.45. The first-order chi connectivity index (χ1) is 8.83. The molecule has 1 aliphatic heterocycles. The van der Waals surface area contributed by atoms with E-state index in [1.165, 1.54) is 5.56 Å². The van der Waals surface area contributed by atoms with Gasteiger partial charge in [0.25, 0.3) is 0 Å². The molecule has 0 spiro atoms. The highest BCUT2D eigenvalue weighted by Gasteiger charge is 2.21. The lowest BCUT2D eigenvalue weighted by Crippen LogP contribution is -2.38. The molecule has 0 bridgehead atoms. The highest BCUT2D eigenvalue weighted by Crippen LogP contribution is 2.21. The van der Waals surface area contributed by atoms with Gasteiger partial charge in [0, 0.05) is 24.6 Å². The molecule has 1 N–H and O–H groups in total. The van der Waals surface area contributed by atoms with Crippen LogP contribution in [0.2, 0.25) is 5.15 Å². The van der Waals surface area contributed by atoms with E-state index in [4.69, 9.17) is 11.6 Å². The van der Waals surface area contributed by atoms with Crippen LogP contribution in [0.4, 0.5) is 0 Å². The lowest BCUT2D eigenvalue weighted by atomic mass is 9.96. The number of hydrogen-bond acceptors (Lipinski definition) is 3. The van der Waals surface area contributed by atoms with Gasteiger partial charge in [0.15, 0.2) is 0 Å². The molecule has 1 unspecified atom stereocenters. The molecule has 1 aliphatic rings. The fourth-order valence-corrected chi connectivity index (χ4v) is 2.59. The van der Waals surface area contributed by atoms with Gasteiger partial charge in [-0.1, -0.05) is 41.9 Å². The second-order valence-corrected chi connectivity index (χ2v) is 4.92. The Labute approximate surface area is 111 Å². The standard InChI is InChI=1S/C14H14ClN3/c15-14-12-8-16-11(7-13(12)17-9-18-14)6-10-4-2-1-3-5-10/h1-5,9,11,16H,6-8H2. The summed E-state index contributed by atoms with van der Waals surface area (Å²) in [5, 5.41) is 4.07. The van der Waals surface area contributed by atoms with Crippen molar-refractivity contribution in [3.8, 4) is 0 Å². The molecule has 92 valence electrons. The summed E-state index contributed by atoms with van der Waals surface area (Å²) < 4.78 is 0. The van der Waals surface area contributed by atoms with Gasteiger partial charge in [0.2, 0.25) is 0 Å². The zero-order valence-corrected chi connectivity index (χ0v) is 10.7. The molecule has 18 heavy (non-hydrogen) atoms. The molecule has 2 aromatic rings. The molecule has 0 amide bonds. The van der Waals surface area contributed by atoms with Crippen LogP contribution in [-0.4, -0.2) is 16.0 Å². The predicted octanol–water partition coefficient (Wildman–Crippen LogP) is 2.39. The van der Waals surface area contributed by atoms with Gasteiger partial charge in [-0.3, -0.25) is 0 Å². The van der Waals surface area contributed by atoms with Gasteiger partial charge in [0.05, 0.1) is 5.69 Å². The second-order valence-electron chi connectivity index (χ2n) is 4.56. The SMILES string of the molecule is Clc1ncnc2c1CNC(Cc1ccccc1)C2. The quantitative estimate of drug-likeness (QED) is 0.842. The van der Waals surface area contributed by atoms with Crippen molar-refractivity contribution in [3.05, 3.63) is 58.6 Å². The molecule has 0 fully saturated rings. The maximum Gasteiger partial charge on any atom is 0.137 e. The van der Waals surface area contributed by atoms with Crippen molar-refractivity contribution < 1.29 is 0 Å². The Bertz CT molecular complexity index is 542. The Kier molecular flexibility index (Phi) is 3.26. The normalized spacial score (nSPS) is 18.4. The Balaban J connectivity index is 1.76. The van der Waals surface area contributed by atoms with E-state index in [1.54, 1.807) is 6.33 Å². The molecule has 0 saturated heterocycles.